The smallest absolute Gasteiger partial charge is 0.407 e. The maximum Gasteiger partial charge on any atom is 0.407 e. The van der Waals surface area contributed by atoms with Crippen LogP contribution in [0.1, 0.15) is 342 Å². The van der Waals surface area contributed by atoms with Gasteiger partial charge in [-0.05, 0) is 32.1 Å². The van der Waals surface area contributed by atoms with Crippen LogP contribution in [0.3, 0.4) is 0 Å². The van der Waals surface area contributed by atoms with Gasteiger partial charge in [0.25, 0.3) is 0 Å². The van der Waals surface area contributed by atoms with Gasteiger partial charge in [0.2, 0.25) is 0 Å². The minimum atomic E-state index is -0.444. The number of unbranched alkanes of at least 4 members (excludes halogenated alkanes) is 44. The minimum Gasteiger partial charge on any atom is -0.447 e. The zero-order valence-corrected chi connectivity index (χ0v) is 59.5. The Morgan fingerprint density at radius 3 is 0.966 bits per heavy atom. The fourth-order valence-corrected chi connectivity index (χ4v) is 10.2. The Hall–Kier alpha value is -1.78. The van der Waals surface area contributed by atoms with Gasteiger partial charge in [-0.1, -0.05) is 310 Å². The molecule has 0 fully saturated rings. The molecule has 0 spiro atoms. The van der Waals surface area contributed by atoms with Crippen molar-refractivity contribution in [1.29, 1.82) is 0 Å². The first kappa shape index (κ1) is 90.4. The summed E-state index contributed by atoms with van der Waals surface area (Å²) in [5, 5.41) is 14.1. The molecule has 14 heteroatoms. The zero-order chi connectivity index (χ0) is 64.5. The number of aliphatic hydroxyl groups excluding tert-OH is 1. The van der Waals surface area contributed by atoms with Crippen LogP contribution in [-0.4, -0.2) is 143 Å². The van der Waals surface area contributed by atoms with Crippen LogP contribution in [0.4, 0.5) is 9.59 Å². The molecule has 0 saturated carbocycles. The molecule has 0 radical (unpaired) electrons. The van der Waals surface area contributed by atoms with Crippen molar-refractivity contribution >= 4 is 12.2 Å². The third kappa shape index (κ3) is 88.4. The van der Waals surface area contributed by atoms with Crippen LogP contribution >= 0.6 is 0 Å². The third-order valence-corrected chi connectivity index (χ3v) is 15.9. The standard InChI is InChI=1S/C37H75NO6.C23H47NO5.C14H30O/c1-4-6-8-10-12-14-16-18-20-22-24-26-29-42-34-36(35-44-37(39)38-28-31-41-33-32-40-3)43-30-27-25-23-21-19-17-15-13-11-9-7-5-2;1-3-4-5-6-7-8-9-10-11-12-13-14-17-27-18-15-16-24-23(25)29-22-21-28-20-19-26-2;1-2-3-4-5-6-7-8-9-10-11-12-13-14-15/h36H,4-35H2,1-3H3,(H,38,39);3-22H2,1-2H3,(H,24,25);15H,2-14H2,1H3/t36-;;/m1../s1. The van der Waals surface area contributed by atoms with Gasteiger partial charge >= 0.3 is 12.2 Å². The molecule has 88 heavy (non-hydrogen) atoms. The van der Waals surface area contributed by atoms with Crippen LogP contribution < -0.4 is 10.6 Å². The van der Waals surface area contributed by atoms with E-state index in [0.29, 0.717) is 79.2 Å². The number of carbonyl (C=O) groups is 2. The maximum absolute atomic E-state index is 12.1. The topological polar surface area (TPSA) is 162 Å². The lowest BCUT2D eigenvalue weighted by atomic mass is 10.1. The zero-order valence-electron chi connectivity index (χ0n) is 59.5. The Morgan fingerprint density at radius 1 is 0.284 bits per heavy atom. The summed E-state index contributed by atoms with van der Waals surface area (Å²) in [7, 11) is 3.26. The van der Waals surface area contributed by atoms with E-state index in [4.69, 9.17) is 47.7 Å². The van der Waals surface area contributed by atoms with E-state index in [1.54, 1.807) is 14.2 Å². The molecule has 0 aliphatic rings. The van der Waals surface area contributed by atoms with Gasteiger partial charge in [-0.2, -0.15) is 0 Å². The molecular weight excluding hydrogens is 1110 g/mol. The van der Waals surface area contributed by atoms with Crippen LogP contribution in [0.2, 0.25) is 0 Å². The fourth-order valence-electron chi connectivity index (χ4n) is 10.2. The van der Waals surface area contributed by atoms with Gasteiger partial charge in [0, 0.05) is 60.3 Å². The second-order valence-corrected chi connectivity index (χ2v) is 24.6. The first-order chi connectivity index (χ1) is 43.5. The number of carbonyl (C=O) groups excluding carboxylic acids is 2. The molecule has 0 rings (SSSR count). The van der Waals surface area contributed by atoms with Crippen molar-refractivity contribution in [3.05, 3.63) is 0 Å². The van der Waals surface area contributed by atoms with Crippen LogP contribution in [-0.2, 0) is 42.6 Å². The average Bonchev–Trinajstić information content (AvgIpc) is 3.54. The molecule has 0 aromatic carbocycles. The predicted molar refractivity (Wildman–Crippen MR) is 371 cm³/mol. The number of hydrogen-bond acceptors (Lipinski definition) is 12. The lowest BCUT2D eigenvalue weighted by Crippen LogP contribution is -2.33. The van der Waals surface area contributed by atoms with Crippen molar-refractivity contribution in [2.75, 3.05) is 120 Å². The number of aliphatic hydroxyl groups is 1. The summed E-state index contributed by atoms with van der Waals surface area (Å²) in [5.41, 5.74) is 0. The molecule has 0 aliphatic carbocycles. The summed E-state index contributed by atoms with van der Waals surface area (Å²) in [6.45, 7) is 17.2. The average molecular weight is 1260 g/mol. The van der Waals surface area contributed by atoms with E-state index in [1.165, 1.54) is 283 Å². The molecule has 0 unspecified atom stereocenters. The molecule has 0 heterocycles. The lowest BCUT2D eigenvalue weighted by Gasteiger charge is -2.18. The molecule has 1 atom stereocenters. The number of ether oxygens (including phenoxy) is 9. The van der Waals surface area contributed by atoms with Gasteiger partial charge in [-0.15, -0.1) is 0 Å². The molecule has 0 aromatic heterocycles. The van der Waals surface area contributed by atoms with Crippen LogP contribution in [0.25, 0.3) is 0 Å². The number of hydrogen-bond donors (Lipinski definition) is 3. The van der Waals surface area contributed by atoms with Gasteiger partial charge in [-0.25, -0.2) is 9.59 Å². The number of alkyl carbamates (subject to hydrolysis) is 2. The second-order valence-electron chi connectivity index (χ2n) is 24.6. The van der Waals surface area contributed by atoms with E-state index in [-0.39, 0.29) is 19.3 Å². The highest BCUT2D eigenvalue weighted by Gasteiger charge is 2.14. The van der Waals surface area contributed by atoms with E-state index in [9.17, 15) is 9.59 Å². The quantitative estimate of drug-likeness (QED) is 0.0495. The van der Waals surface area contributed by atoms with Crippen molar-refractivity contribution in [2.45, 2.75) is 348 Å². The minimum absolute atomic E-state index is 0.201. The Labute approximate surface area is 546 Å². The monoisotopic (exact) mass is 1260 g/mol. The Bertz CT molecular complexity index is 1230. The van der Waals surface area contributed by atoms with Gasteiger partial charge in [0.1, 0.15) is 19.3 Å². The SMILES string of the molecule is CCCCCCCCCCCCCCO.CCCCCCCCCCCCCCOCCCNC(=O)OCCOCCOC.CCCCCCCCCCCCCCOC[C@H](COC(=O)NCCOCCOC)OCCCCCCCCCCCCCC. The number of rotatable bonds is 72. The molecule has 14 nitrogen and oxygen atoms in total. The summed E-state index contributed by atoms with van der Waals surface area (Å²) < 4.78 is 48.5. The van der Waals surface area contributed by atoms with Gasteiger partial charge in [0.15, 0.2) is 0 Å². The summed E-state index contributed by atoms with van der Waals surface area (Å²) in [6.07, 6.45) is 64.1. The number of amides is 2. The van der Waals surface area contributed by atoms with E-state index >= 15 is 0 Å². The molecule has 0 bridgehead atoms. The predicted octanol–water partition coefficient (Wildman–Crippen LogP) is 20.3. The van der Waals surface area contributed by atoms with Crippen molar-refractivity contribution in [1.82, 2.24) is 10.6 Å². The fraction of sp³-hybridized carbons (Fsp3) is 0.973. The summed E-state index contributed by atoms with van der Waals surface area (Å²) in [4.78, 5) is 23.6. The third-order valence-electron chi connectivity index (χ3n) is 15.9. The van der Waals surface area contributed by atoms with E-state index in [2.05, 4.69) is 38.3 Å². The summed E-state index contributed by atoms with van der Waals surface area (Å²) in [5.74, 6) is 0. The van der Waals surface area contributed by atoms with Crippen LogP contribution in [0, 0.1) is 0 Å². The molecule has 2 amide bonds. The van der Waals surface area contributed by atoms with E-state index in [1.807, 2.05) is 0 Å². The summed E-state index contributed by atoms with van der Waals surface area (Å²) >= 11 is 0. The van der Waals surface area contributed by atoms with Gasteiger partial charge < -0.3 is 58.4 Å². The van der Waals surface area contributed by atoms with Crippen molar-refractivity contribution < 1.29 is 57.3 Å². The molecule has 0 aliphatic heterocycles. The molecule has 0 saturated heterocycles. The molecule has 530 valence electrons. The number of nitrogens with one attached hydrogen (secondary N) is 2. The molecular formula is C74H152N2O12. The number of methoxy groups -OCH3 is 2. The van der Waals surface area contributed by atoms with Crippen molar-refractivity contribution in [3.63, 3.8) is 0 Å². The highest BCUT2D eigenvalue weighted by Crippen LogP contribution is 2.16. The van der Waals surface area contributed by atoms with E-state index < -0.39 is 12.2 Å². The molecule has 0 aromatic rings. The van der Waals surface area contributed by atoms with Gasteiger partial charge in [0.05, 0.1) is 46.2 Å². The molecule has 3 N–H and O–H groups in total. The first-order valence-corrected chi connectivity index (χ1v) is 37.8. The van der Waals surface area contributed by atoms with Gasteiger partial charge in [-0.3, -0.25) is 0 Å². The van der Waals surface area contributed by atoms with Crippen LogP contribution in [0.5, 0.6) is 0 Å². The van der Waals surface area contributed by atoms with Crippen molar-refractivity contribution in [2.24, 2.45) is 0 Å². The summed E-state index contributed by atoms with van der Waals surface area (Å²) in [6, 6.07) is 0. The van der Waals surface area contributed by atoms with Crippen molar-refractivity contribution in [3.8, 4) is 0 Å². The Kier molecular flexibility index (Phi) is 89.7. The largest absolute Gasteiger partial charge is 0.447 e. The Morgan fingerprint density at radius 2 is 0.580 bits per heavy atom. The Balaban J connectivity index is -0.00000140. The first-order valence-electron chi connectivity index (χ1n) is 37.8. The lowest BCUT2D eigenvalue weighted by molar-refractivity contribution is -0.0469. The normalized spacial score (nSPS) is 11.5. The second kappa shape index (κ2) is 87.3. The maximum atomic E-state index is 12.1. The highest BCUT2D eigenvalue weighted by molar-refractivity contribution is 5.67. The highest BCUT2D eigenvalue weighted by atomic mass is 16.6. The van der Waals surface area contributed by atoms with E-state index in [0.717, 1.165) is 45.3 Å². The van der Waals surface area contributed by atoms with Crippen LogP contribution in [0.15, 0.2) is 0 Å².